The number of likely N-dealkylation sites (tertiary alicyclic amines) is 1. The third kappa shape index (κ3) is 7.04. The van der Waals surface area contributed by atoms with E-state index in [4.69, 9.17) is 4.99 Å². The largest absolute Gasteiger partial charge is 0.357 e. The van der Waals surface area contributed by atoms with Crippen molar-refractivity contribution in [3.8, 4) is 0 Å². The van der Waals surface area contributed by atoms with Crippen molar-refractivity contribution in [2.75, 3.05) is 46.8 Å². The summed E-state index contributed by atoms with van der Waals surface area (Å²) < 4.78 is 0. The van der Waals surface area contributed by atoms with Gasteiger partial charge in [-0.05, 0) is 58.9 Å². The summed E-state index contributed by atoms with van der Waals surface area (Å²) in [5.74, 6) is 1.75. The van der Waals surface area contributed by atoms with Crippen LogP contribution < -0.4 is 10.6 Å². The number of carbonyl (C=O) groups excluding carboxylic acids is 1. The smallest absolute Gasteiger partial charge is 0.230 e. The minimum absolute atomic E-state index is 0. The number of nitrogens with one attached hydrogen (secondary N) is 2. The van der Waals surface area contributed by atoms with Crippen molar-refractivity contribution in [1.29, 1.82) is 0 Å². The lowest BCUT2D eigenvalue weighted by Crippen LogP contribution is -2.47. The van der Waals surface area contributed by atoms with Crippen LogP contribution in [0.3, 0.4) is 0 Å². The molecular formula is C21H42IN5O. The average Bonchev–Trinajstić information content (AvgIpc) is 3.13. The van der Waals surface area contributed by atoms with E-state index in [1.165, 1.54) is 19.4 Å². The Hall–Kier alpha value is -0.570. The number of hydrogen-bond acceptors (Lipinski definition) is 3. The summed E-state index contributed by atoms with van der Waals surface area (Å²) in [6.45, 7) is 11.4. The monoisotopic (exact) mass is 507 g/mol. The van der Waals surface area contributed by atoms with Gasteiger partial charge in [0.2, 0.25) is 5.91 Å². The highest BCUT2D eigenvalue weighted by molar-refractivity contribution is 14.0. The van der Waals surface area contributed by atoms with Gasteiger partial charge in [0.15, 0.2) is 5.96 Å². The predicted octanol–water partition coefficient (Wildman–Crippen LogP) is 2.93. The van der Waals surface area contributed by atoms with Gasteiger partial charge in [0.25, 0.3) is 0 Å². The van der Waals surface area contributed by atoms with Gasteiger partial charge in [0.1, 0.15) is 0 Å². The molecule has 2 rings (SSSR count). The van der Waals surface area contributed by atoms with Gasteiger partial charge < -0.3 is 20.4 Å². The lowest BCUT2D eigenvalue weighted by atomic mass is 9.85. The normalized spacial score (nSPS) is 22.6. The van der Waals surface area contributed by atoms with Crippen LogP contribution in [0.5, 0.6) is 0 Å². The highest BCUT2D eigenvalue weighted by atomic mass is 127. The number of piperidine rings is 1. The van der Waals surface area contributed by atoms with Crippen molar-refractivity contribution < 1.29 is 4.79 Å². The standard InChI is InChI=1S/C21H41N5O.HI/c1-6-22-20(23-14-18-10-9-13-26(15-18)17(2)3)24-16-21(11-7-8-12-21)19(27)25(4)5;/h17-18H,6-16H2,1-5H3,(H2,22,23,24);1H. The van der Waals surface area contributed by atoms with E-state index in [1.54, 1.807) is 4.90 Å². The number of nitrogens with zero attached hydrogens (tertiary/aromatic N) is 3. The van der Waals surface area contributed by atoms with E-state index in [-0.39, 0.29) is 35.3 Å². The Morgan fingerprint density at radius 1 is 1.21 bits per heavy atom. The molecule has 1 aliphatic carbocycles. The molecule has 164 valence electrons. The van der Waals surface area contributed by atoms with Crippen molar-refractivity contribution in [2.45, 2.75) is 65.3 Å². The molecular weight excluding hydrogens is 465 g/mol. The second-order valence-corrected chi connectivity index (χ2v) is 8.86. The predicted molar refractivity (Wildman–Crippen MR) is 128 cm³/mol. The number of carbonyl (C=O) groups is 1. The Labute approximate surface area is 189 Å². The van der Waals surface area contributed by atoms with Crippen LogP contribution in [0.2, 0.25) is 0 Å². The van der Waals surface area contributed by atoms with Gasteiger partial charge in [0, 0.05) is 39.8 Å². The molecule has 0 radical (unpaired) electrons. The van der Waals surface area contributed by atoms with Gasteiger partial charge in [-0.3, -0.25) is 9.79 Å². The first-order valence-corrected chi connectivity index (χ1v) is 10.9. The maximum Gasteiger partial charge on any atom is 0.230 e. The third-order valence-corrected chi connectivity index (χ3v) is 6.14. The van der Waals surface area contributed by atoms with Crippen molar-refractivity contribution in [2.24, 2.45) is 16.3 Å². The zero-order valence-electron chi connectivity index (χ0n) is 18.6. The van der Waals surface area contributed by atoms with Crippen molar-refractivity contribution in [3.05, 3.63) is 0 Å². The van der Waals surface area contributed by atoms with E-state index in [2.05, 4.69) is 36.3 Å². The van der Waals surface area contributed by atoms with Gasteiger partial charge in [0.05, 0.1) is 12.0 Å². The first kappa shape index (κ1) is 25.5. The van der Waals surface area contributed by atoms with Crippen LogP contribution in [0, 0.1) is 11.3 Å². The summed E-state index contributed by atoms with van der Waals surface area (Å²) in [5.41, 5.74) is -0.300. The lowest BCUT2D eigenvalue weighted by Gasteiger charge is -2.35. The molecule has 0 bridgehead atoms. The molecule has 28 heavy (non-hydrogen) atoms. The molecule has 1 aliphatic heterocycles. The fraction of sp³-hybridized carbons (Fsp3) is 0.905. The van der Waals surface area contributed by atoms with E-state index in [0.717, 1.165) is 51.3 Å². The molecule has 0 aromatic rings. The second kappa shape index (κ2) is 12.2. The van der Waals surface area contributed by atoms with Crippen molar-refractivity contribution in [3.63, 3.8) is 0 Å². The topological polar surface area (TPSA) is 60.0 Å². The SMILES string of the molecule is CCNC(=NCC1(C(=O)N(C)C)CCCC1)NCC1CCCN(C(C)C)C1.I. The highest BCUT2D eigenvalue weighted by Crippen LogP contribution is 2.39. The van der Waals surface area contributed by atoms with Crippen LogP contribution in [0.25, 0.3) is 0 Å². The maximum absolute atomic E-state index is 12.8. The molecule has 2 N–H and O–H groups in total. The number of hydrogen-bond donors (Lipinski definition) is 2. The maximum atomic E-state index is 12.8. The minimum Gasteiger partial charge on any atom is -0.357 e. The summed E-state index contributed by atoms with van der Waals surface area (Å²) in [6, 6.07) is 0.619. The molecule has 0 aromatic heterocycles. The molecule has 6 nitrogen and oxygen atoms in total. The Morgan fingerprint density at radius 3 is 2.46 bits per heavy atom. The van der Waals surface area contributed by atoms with Crippen molar-refractivity contribution in [1.82, 2.24) is 20.4 Å². The van der Waals surface area contributed by atoms with Crippen LogP contribution in [-0.4, -0.2) is 74.5 Å². The molecule has 7 heteroatoms. The highest BCUT2D eigenvalue weighted by Gasteiger charge is 2.42. The molecule has 2 fully saturated rings. The first-order chi connectivity index (χ1) is 12.9. The van der Waals surface area contributed by atoms with Gasteiger partial charge >= 0.3 is 0 Å². The fourth-order valence-electron chi connectivity index (χ4n) is 4.51. The molecule has 1 saturated heterocycles. The summed E-state index contributed by atoms with van der Waals surface area (Å²) in [7, 11) is 3.72. The van der Waals surface area contributed by atoms with Crippen molar-refractivity contribution >= 4 is 35.8 Å². The first-order valence-electron chi connectivity index (χ1n) is 10.9. The molecule has 0 aromatic carbocycles. The summed E-state index contributed by atoms with van der Waals surface area (Å²) >= 11 is 0. The van der Waals surface area contributed by atoms with Crippen LogP contribution in [0.15, 0.2) is 4.99 Å². The zero-order valence-corrected chi connectivity index (χ0v) is 20.9. The quantitative estimate of drug-likeness (QED) is 0.316. The third-order valence-electron chi connectivity index (χ3n) is 6.14. The van der Waals surface area contributed by atoms with E-state index in [0.29, 0.717) is 18.5 Å². The van der Waals surface area contributed by atoms with E-state index >= 15 is 0 Å². The number of halogens is 1. The number of aliphatic imine (C=N–C) groups is 1. The molecule has 1 unspecified atom stereocenters. The summed E-state index contributed by atoms with van der Waals surface area (Å²) in [6.07, 6.45) is 6.73. The lowest BCUT2D eigenvalue weighted by molar-refractivity contribution is -0.138. The average molecular weight is 508 g/mol. The van der Waals surface area contributed by atoms with Crippen LogP contribution in [0.1, 0.15) is 59.3 Å². The molecule has 0 spiro atoms. The second-order valence-electron chi connectivity index (χ2n) is 8.86. The molecule has 1 amide bonds. The molecule has 2 aliphatic rings. The Balaban J connectivity index is 0.00000392. The number of amides is 1. The Bertz CT molecular complexity index is 503. The van der Waals surface area contributed by atoms with Crippen LogP contribution >= 0.6 is 24.0 Å². The number of guanidine groups is 1. The van der Waals surface area contributed by atoms with Gasteiger partial charge in [-0.25, -0.2) is 0 Å². The van der Waals surface area contributed by atoms with Gasteiger partial charge in [-0.1, -0.05) is 12.8 Å². The zero-order chi connectivity index (χ0) is 19.9. The van der Waals surface area contributed by atoms with E-state index in [1.807, 2.05) is 14.1 Å². The minimum atomic E-state index is -0.300. The van der Waals surface area contributed by atoms with Gasteiger partial charge in [-0.2, -0.15) is 0 Å². The Morgan fingerprint density at radius 2 is 1.89 bits per heavy atom. The van der Waals surface area contributed by atoms with E-state index < -0.39 is 0 Å². The molecule has 1 heterocycles. The fourth-order valence-corrected chi connectivity index (χ4v) is 4.51. The van der Waals surface area contributed by atoms with Gasteiger partial charge in [-0.15, -0.1) is 24.0 Å². The molecule has 1 saturated carbocycles. The summed E-state index contributed by atoms with van der Waals surface area (Å²) in [5, 5.41) is 6.91. The molecule has 1 atom stereocenters. The Kier molecular flexibility index (Phi) is 11.1. The van der Waals surface area contributed by atoms with Crippen LogP contribution in [0.4, 0.5) is 0 Å². The number of rotatable bonds is 7. The summed E-state index contributed by atoms with van der Waals surface area (Å²) in [4.78, 5) is 21.9. The van der Waals surface area contributed by atoms with E-state index in [9.17, 15) is 4.79 Å². The van der Waals surface area contributed by atoms with Crippen LogP contribution in [-0.2, 0) is 4.79 Å².